The Morgan fingerprint density at radius 1 is 1.10 bits per heavy atom. The van der Waals surface area contributed by atoms with Crippen LogP contribution < -0.4 is 5.32 Å². The number of phenols is 2. The molecule has 0 bridgehead atoms. The van der Waals surface area contributed by atoms with Crippen LogP contribution in [0.1, 0.15) is 12.5 Å². The molecular weight excluding hydrogens is 270 g/mol. The lowest BCUT2D eigenvalue weighted by Crippen LogP contribution is -2.23. The minimum Gasteiger partial charge on any atom is -0.504 e. The third-order valence-electron chi connectivity index (χ3n) is 3.17. The van der Waals surface area contributed by atoms with E-state index in [1.807, 2.05) is 19.2 Å². The zero-order valence-corrected chi connectivity index (χ0v) is 12.4. The molecule has 2 rings (SSSR count). The Balaban J connectivity index is 2.22. The quantitative estimate of drug-likeness (QED) is 0.738. The number of hydrogen-bond donors (Lipinski definition) is 3. The van der Waals surface area contributed by atoms with Gasteiger partial charge >= 0.3 is 0 Å². The third-order valence-corrected chi connectivity index (χ3v) is 4.27. The largest absolute Gasteiger partial charge is 0.504 e. The number of nitrogens with one attached hydrogen (secondary N) is 1. The molecule has 0 aliphatic carbocycles. The number of rotatable bonds is 5. The molecule has 0 heterocycles. The van der Waals surface area contributed by atoms with Crippen molar-refractivity contribution < 1.29 is 10.2 Å². The van der Waals surface area contributed by atoms with E-state index in [0.29, 0.717) is 6.04 Å². The lowest BCUT2D eigenvalue weighted by molar-refractivity contribution is 0.402. The van der Waals surface area contributed by atoms with Crippen LogP contribution in [0.25, 0.3) is 0 Å². The van der Waals surface area contributed by atoms with Crippen molar-refractivity contribution in [2.45, 2.75) is 29.2 Å². The molecule has 20 heavy (non-hydrogen) atoms. The summed E-state index contributed by atoms with van der Waals surface area (Å²) >= 11 is 1.59. The SMILES string of the molecule is CN[C@@H](C)Cc1ccccc1Sc1ccc(O)c(O)c1. The zero-order valence-electron chi connectivity index (χ0n) is 11.6. The lowest BCUT2D eigenvalue weighted by Gasteiger charge is -2.14. The van der Waals surface area contributed by atoms with E-state index in [0.717, 1.165) is 11.3 Å². The summed E-state index contributed by atoms with van der Waals surface area (Å²) in [4.78, 5) is 2.07. The molecule has 0 aliphatic heterocycles. The van der Waals surface area contributed by atoms with Crippen molar-refractivity contribution >= 4 is 11.8 Å². The van der Waals surface area contributed by atoms with E-state index in [9.17, 15) is 10.2 Å². The molecule has 0 amide bonds. The fourth-order valence-electron chi connectivity index (χ4n) is 1.90. The van der Waals surface area contributed by atoms with Crippen LogP contribution in [0.4, 0.5) is 0 Å². The molecular formula is C16H19NO2S. The first-order valence-electron chi connectivity index (χ1n) is 6.55. The van der Waals surface area contributed by atoms with Crippen LogP contribution in [0.15, 0.2) is 52.3 Å². The molecule has 106 valence electrons. The molecule has 0 saturated heterocycles. The Kier molecular flexibility index (Phi) is 4.93. The number of phenolic OH excluding ortho intramolecular Hbond substituents is 2. The smallest absolute Gasteiger partial charge is 0.158 e. The van der Waals surface area contributed by atoms with Gasteiger partial charge in [0.05, 0.1) is 0 Å². The molecule has 3 nitrogen and oxygen atoms in total. The average Bonchev–Trinajstić information content (AvgIpc) is 2.45. The van der Waals surface area contributed by atoms with Gasteiger partial charge in [0.1, 0.15) is 0 Å². The number of hydrogen-bond acceptors (Lipinski definition) is 4. The highest BCUT2D eigenvalue weighted by Crippen LogP contribution is 2.35. The normalized spacial score (nSPS) is 12.3. The summed E-state index contributed by atoms with van der Waals surface area (Å²) in [5, 5.41) is 22.1. The summed E-state index contributed by atoms with van der Waals surface area (Å²) in [5.74, 6) is -0.178. The highest BCUT2D eigenvalue weighted by atomic mass is 32.2. The highest BCUT2D eigenvalue weighted by Gasteiger charge is 2.08. The lowest BCUT2D eigenvalue weighted by atomic mass is 10.1. The number of benzene rings is 2. The minimum absolute atomic E-state index is 0.0870. The molecule has 0 aromatic heterocycles. The van der Waals surface area contributed by atoms with E-state index in [4.69, 9.17) is 0 Å². The zero-order chi connectivity index (χ0) is 14.5. The van der Waals surface area contributed by atoms with E-state index >= 15 is 0 Å². The maximum Gasteiger partial charge on any atom is 0.158 e. The summed E-state index contributed by atoms with van der Waals surface area (Å²) < 4.78 is 0. The Bertz CT molecular complexity index is 586. The molecule has 1 atom stereocenters. The molecule has 4 heteroatoms. The van der Waals surface area contributed by atoms with E-state index in [1.165, 1.54) is 16.5 Å². The maximum atomic E-state index is 9.56. The van der Waals surface area contributed by atoms with Crippen LogP contribution in [-0.4, -0.2) is 23.3 Å². The van der Waals surface area contributed by atoms with Gasteiger partial charge in [0.15, 0.2) is 11.5 Å². The summed E-state index contributed by atoms with van der Waals surface area (Å²) in [6, 6.07) is 13.5. The molecule has 0 fully saturated rings. The first kappa shape index (κ1) is 14.8. The van der Waals surface area contributed by atoms with Gasteiger partial charge in [-0.3, -0.25) is 0 Å². The van der Waals surface area contributed by atoms with Crippen LogP contribution >= 0.6 is 11.8 Å². The van der Waals surface area contributed by atoms with Crippen LogP contribution in [0.5, 0.6) is 11.5 Å². The Hall–Kier alpha value is -1.65. The second kappa shape index (κ2) is 6.68. The van der Waals surface area contributed by atoms with Gasteiger partial charge in [0.25, 0.3) is 0 Å². The Morgan fingerprint density at radius 2 is 1.85 bits per heavy atom. The fraction of sp³-hybridized carbons (Fsp3) is 0.250. The van der Waals surface area contributed by atoms with Gasteiger partial charge in [0, 0.05) is 15.8 Å². The van der Waals surface area contributed by atoms with Crippen LogP contribution in [0.3, 0.4) is 0 Å². The van der Waals surface area contributed by atoms with Crippen LogP contribution in [-0.2, 0) is 6.42 Å². The topological polar surface area (TPSA) is 52.5 Å². The molecule has 3 N–H and O–H groups in total. The molecule has 0 unspecified atom stereocenters. The van der Waals surface area contributed by atoms with E-state index in [2.05, 4.69) is 24.4 Å². The molecule has 0 spiro atoms. The summed E-state index contributed by atoms with van der Waals surface area (Å²) in [6.45, 7) is 2.15. The van der Waals surface area contributed by atoms with Crippen LogP contribution in [0, 0.1) is 0 Å². The molecule has 0 radical (unpaired) electrons. The van der Waals surface area contributed by atoms with Gasteiger partial charge in [-0.15, -0.1) is 0 Å². The second-order valence-corrected chi connectivity index (χ2v) is 5.87. The van der Waals surface area contributed by atoms with Crippen molar-refractivity contribution in [3.8, 4) is 11.5 Å². The summed E-state index contributed by atoms with van der Waals surface area (Å²) in [7, 11) is 1.96. The number of aromatic hydroxyl groups is 2. The van der Waals surface area contributed by atoms with Gasteiger partial charge in [-0.05, 0) is 50.2 Å². The van der Waals surface area contributed by atoms with E-state index in [1.54, 1.807) is 23.9 Å². The standard InChI is InChI=1S/C16H19NO2S/c1-11(17-2)9-12-5-3-4-6-16(12)20-13-7-8-14(18)15(19)10-13/h3-8,10-11,17-19H,9H2,1-2H3/t11-/m0/s1. The molecule has 0 aliphatic rings. The van der Waals surface area contributed by atoms with Gasteiger partial charge in [-0.1, -0.05) is 30.0 Å². The van der Waals surface area contributed by atoms with Gasteiger partial charge < -0.3 is 15.5 Å². The van der Waals surface area contributed by atoms with Crippen molar-refractivity contribution in [1.82, 2.24) is 5.32 Å². The molecule has 2 aromatic rings. The average molecular weight is 289 g/mol. The third kappa shape index (κ3) is 3.68. The van der Waals surface area contributed by atoms with Gasteiger partial charge in [-0.25, -0.2) is 0 Å². The maximum absolute atomic E-state index is 9.56. The predicted molar refractivity (Wildman–Crippen MR) is 82.6 cm³/mol. The van der Waals surface area contributed by atoms with Crippen molar-refractivity contribution in [3.63, 3.8) is 0 Å². The highest BCUT2D eigenvalue weighted by molar-refractivity contribution is 7.99. The van der Waals surface area contributed by atoms with E-state index in [-0.39, 0.29) is 11.5 Å². The van der Waals surface area contributed by atoms with Crippen molar-refractivity contribution in [2.75, 3.05) is 7.05 Å². The van der Waals surface area contributed by atoms with Gasteiger partial charge in [0.2, 0.25) is 0 Å². The Morgan fingerprint density at radius 3 is 2.55 bits per heavy atom. The summed E-state index contributed by atoms with van der Waals surface area (Å²) in [5.41, 5.74) is 1.27. The second-order valence-electron chi connectivity index (χ2n) is 4.75. The Labute approximate surface area is 123 Å². The summed E-state index contributed by atoms with van der Waals surface area (Å²) in [6.07, 6.45) is 0.948. The molecule has 2 aromatic carbocycles. The van der Waals surface area contributed by atoms with Crippen molar-refractivity contribution in [3.05, 3.63) is 48.0 Å². The first-order chi connectivity index (χ1) is 9.60. The minimum atomic E-state index is -0.0913. The van der Waals surface area contributed by atoms with Gasteiger partial charge in [-0.2, -0.15) is 0 Å². The van der Waals surface area contributed by atoms with Crippen molar-refractivity contribution in [1.29, 1.82) is 0 Å². The van der Waals surface area contributed by atoms with E-state index < -0.39 is 0 Å². The fourth-order valence-corrected chi connectivity index (χ4v) is 2.89. The van der Waals surface area contributed by atoms with Crippen molar-refractivity contribution in [2.24, 2.45) is 0 Å². The molecule has 0 saturated carbocycles. The predicted octanol–water partition coefficient (Wildman–Crippen LogP) is 3.40. The number of likely N-dealkylation sites (N-methyl/N-ethyl adjacent to an activating group) is 1. The first-order valence-corrected chi connectivity index (χ1v) is 7.37. The van der Waals surface area contributed by atoms with Crippen LogP contribution in [0.2, 0.25) is 0 Å². The monoisotopic (exact) mass is 289 g/mol.